The van der Waals surface area contributed by atoms with Crippen molar-refractivity contribution in [1.29, 1.82) is 0 Å². The van der Waals surface area contributed by atoms with Gasteiger partial charge in [-0.05, 0) is 49.1 Å². The fourth-order valence-corrected chi connectivity index (χ4v) is 3.76. The predicted molar refractivity (Wildman–Crippen MR) is 107 cm³/mol. The number of rotatable bonds is 6. The van der Waals surface area contributed by atoms with Crippen LogP contribution in [0.2, 0.25) is 0 Å². The Balaban J connectivity index is 1.33. The maximum Gasteiger partial charge on any atom is 0.227 e. The zero-order chi connectivity index (χ0) is 19.5. The van der Waals surface area contributed by atoms with Crippen molar-refractivity contribution in [2.75, 3.05) is 13.6 Å². The summed E-state index contributed by atoms with van der Waals surface area (Å²) in [4.78, 5) is 28.6. The molecule has 5 nitrogen and oxygen atoms in total. The van der Waals surface area contributed by atoms with Crippen LogP contribution in [-0.4, -0.2) is 41.2 Å². The van der Waals surface area contributed by atoms with E-state index in [9.17, 15) is 9.59 Å². The van der Waals surface area contributed by atoms with Crippen molar-refractivity contribution < 1.29 is 14.3 Å². The van der Waals surface area contributed by atoms with Crippen molar-refractivity contribution in [2.24, 2.45) is 5.92 Å². The van der Waals surface area contributed by atoms with Gasteiger partial charge in [-0.3, -0.25) is 9.59 Å². The second-order valence-electron chi connectivity index (χ2n) is 7.77. The van der Waals surface area contributed by atoms with Gasteiger partial charge < -0.3 is 14.5 Å². The van der Waals surface area contributed by atoms with Crippen molar-refractivity contribution in [1.82, 2.24) is 9.80 Å². The Morgan fingerprint density at radius 3 is 2.39 bits per heavy atom. The van der Waals surface area contributed by atoms with E-state index in [-0.39, 0.29) is 17.7 Å². The lowest BCUT2D eigenvalue weighted by Crippen LogP contribution is -2.46. The highest BCUT2D eigenvalue weighted by Crippen LogP contribution is 2.32. The maximum atomic E-state index is 12.9. The monoisotopic (exact) mass is 378 g/mol. The highest BCUT2D eigenvalue weighted by atomic mass is 16.5. The minimum Gasteiger partial charge on any atom is -0.457 e. The normalized spacial score (nSPS) is 19.4. The van der Waals surface area contributed by atoms with Crippen LogP contribution < -0.4 is 4.74 Å². The lowest BCUT2D eigenvalue weighted by Gasteiger charge is -2.34. The lowest BCUT2D eigenvalue weighted by molar-refractivity contribution is -0.143. The number of benzene rings is 2. The molecule has 146 valence electrons. The summed E-state index contributed by atoms with van der Waals surface area (Å²) in [6.45, 7) is 1.13. The van der Waals surface area contributed by atoms with E-state index in [0.29, 0.717) is 32.0 Å². The number of hydrogen-bond donors (Lipinski definition) is 0. The summed E-state index contributed by atoms with van der Waals surface area (Å²) >= 11 is 0. The number of likely N-dealkylation sites (tertiary alicyclic amines) is 1. The minimum absolute atomic E-state index is 0.0796. The summed E-state index contributed by atoms with van der Waals surface area (Å²) in [5.41, 5.74) is 1.06. The Labute approximate surface area is 165 Å². The summed E-state index contributed by atoms with van der Waals surface area (Å²) in [6, 6.07) is 17.9. The first-order valence-corrected chi connectivity index (χ1v) is 9.96. The van der Waals surface area contributed by atoms with E-state index < -0.39 is 0 Å². The summed E-state index contributed by atoms with van der Waals surface area (Å²) in [5, 5.41) is 0. The Morgan fingerprint density at radius 1 is 1.04 bits per heavy atom. The quantitative estimate of drug-likeness (QED) is 0.767. The number of hydrogen-bond acceptors (Lipinski definition) is 3. The molecule has 4 rings (SSSR count). The van der Waals surface area contributed by atoms with Crippen molar-refractivity contribution in [3.05, 3.63) is 60.2 Å². The van der Waals surface area contributed by atoms with E-state index in [2.05, 4.69) is 0 Å². The minimum atomic E-state index is -0.0796. The molecule has 2 fully saturated rings. The van der Waals surface area contributed by atoms with Crippen molar-refractivity contribution in [3.63, 3.8) is 0 Å². The van der Waals surface area contributed by atoms with Crippen LogP contribution in [0.1, 0.15) is 31.2 Å². The van der Waals surface area contributed by atoms with Crippen LogP contribution in [-0.2, 0) is 16.1 Å². The molecule has 1 atom stereocenters. The van der Waals surface area contributed by atoms with Crippen LogP contribution in [0.25, 0.3) is 0 Å². The topological polar surface area (TPSA) is 49.9 Å². The molecule has 0 bridgehead atoms. The van der Waals surface area contributed by atoms with Crippen LogP contribution in [0.15, 0.2) is 54.6 Å². The van der Waals surface area contributed by atoms with E-state index in [0.717, 1.165) is 29.9 Å². The first kappa shape index (κ1) is 18.5. The summed E-state index contributed by atoms with van der Waals surface area (Å²) in [7, 11) is 1.84. The standard InChI is InChI=1S/C23H26N2O3/c1-24(23(27)18-9-14-22(26)25(16-18)19-10-11-19)15-17-7-12-21(13-8-17)28-20-5-3-2-4-6-20/h2-8,12-13,18-19H,9-11,14-16H2,1H3. The second-order valence-corrected chi connectivity index (χ2v) is 7.77. The third-order valence-corrected chi connectivity index (χ3v) is 5.48. The second kappa shape index (κ2) is 8.05. The molecule has 1 saturated heterocycles. The summed E-state index contributed by atoms with van der Waals surface area (Å²) in [6.07, 6.45) is 3.32. The van der Waals surface area contributed by atoms with Gasteiger partial charge in [0.15, 0.2) is 0 Å². The molecule has 1 aliphatic heterocycles. The Hall–Kier alpha value is -2.82. The lowest BCUT2D eigenvalue weighted by atomic mass is 9.95. The van der Waals surface area contributed by atoms with Crippen LogP contribution in [0.3, 0.4) is 0 Å². The van der Waals surface area contributed by atoms with Crippen molar-refractivity contribution >= 4 is 11.8 Å². The maximum absolute atomic E-state index is 12.9. The van der Waals surface area contributed by atoms with E-state index in [4.69, 9.17) is 4.74 Å². The zero-order valence-electron chi connectivity index (χ0n) is 16.2. The number of carbonyl (C=O) groups excluding carboxylic acids is 2. The van der Waals surface area contributed by atoms with E-state index in [1.54, 1.807) is 4.90 Å². The molecule has 5 heteroatoms. The van der Waals surface area contributed by atoms with Gasteiger partial charge in [0.1, 0.15) is 11.5 Å². The fourth-order valence-electron chi connectivity index (χ4n) is 3.76. The fraction of sp³-hybridized carbons (Fsp3) is 0.391. The van der Waals surface area contributed by atoms with Crippen LogP contribution in [0, 0.1) is 5.92 Å². The van der Waals surface area contributed by atoms with Crippen molar-refractivity contribution in [2.45, 2.75) is 38.3 Å². The predicted octanol–water partition coefficient (Wildman–Crippen LogP) is 3.84. The molecule has 1 aliphatic carbocycles. The van der Waals surface area contributed by atoms with E-state index >= 15 is 0 Å². The molecule has 28 heavy (non-hydrogen) atoms. The molecule has 2 aromatic carbocycles. The van der Waals surface area contributed by atoms with Gasteiger partial charge in [0.2, 0.25) is 11.8 Å². The van der Waals surface area contributed by atoms with Crippen molar-refractivity contribution in [3.8, 4) is 11.5 Å². The van der Waals surface area contributed by atoms with Gasteiger partial charge in [-0.1, -0.05) is 30.3 Å². The molecule has 0 aromatic heterocycles. The summed E-state index contributed by atoms with van der Waals surface area (Å²) < 4.78 is 5.81. The van der Waals surface area contributed by atoms with Gasteiger partial charge in [-0.15, -0.1) is 0 Å². The molecule has 2 aliphatic rings. The van der Waals surface area contributed by atoms with E-state index in [1.165, 1.54) is 0 Å². The van der Waals surface area contributed by atoms with Gasteiger partial charge in [0.25, 0.3) is 0 Å². The van der Waals surface area contributed by atoms with Crippen LogP contribution >= 0.6 is 0 Å². The molecule has 0 N–H and O–H groups in total. The molecular weight excluding hydrogens is 352 g/mol. The first-order chi connectivity index (χ1) is 13.6. The first-order valence-electron chi connectivity index (χ1n) is 9.96. The number of carbonyl (C=O) groups is 2. The number of para-hydroxylation sites is 1. The van der Waals surface area contributed by atoms with Crippen LogP contribution in [0.4, 0.5) is 0 Å². The third-order valence-electron chi connectivity index (χ3n) is 5.48. The Bertz CT molecular complexity index is 831. The third kappa shape index (κ3) is 4.35. The molecule has 1 heterocycles. The molecule has 0 radical (unpaired) electrons. The number of nitrogens with zero attached hydrogens (tertiary/aromatic N) is 2. The Morgan fingerprint density at radius 2 is 1.71 bits per heavy atom. The largest absolute Gasteiger partial charge is 0.457 e. The smallest absolute Gasteiger partial charge is 0.227 e. The van der Waals surface area contributed by atoms with Gasteiger partial charge in [0, 0.05) is 32.6 Å². The molecule has 1 saturated carbocycles. The number of piperidine rings is 1. The van der Waals surface area contributed by atoms with Crippen LogP contribution in [0.5, 0.6) is 11.5 Å². The zero-order valence-corrected chi connectivity index (χ0v) is 16.2. The van der Waals surface area contributed by atoms with Gasteiger partial charge >= 0.3 is 0 Å². The average molecular weight is 378 g/mol. The average Bonchev–Trinajstić information content (AvgIpc) is 3.55. The number of ether oxygens (including phenoxy) is 1. The Kier molecular flexibility index (Phi) is 5.33. The highest BCUT2D eigenvalue weighted by molar-refractivity contribution is 5.84. The molecular formula is C23H26N2O3. The van der Waals surface area contributed by atoms with Gasteiger partial charge in [-0.2, -0.15) is 0 Å². The highest BCUT2D eigenvalue weighted by Gasteiger charge is 2.39. The SMILES string of the molecule is CN(Cc1ccc(Oc2ccccc2)cc1)C(=O)C1CCC(=O)N(C2CC2)C1. The van der Waals surface area contributed by atoms with Gasteiger partial charge in [-0.25, -0.2) is 0 Å². The molecule has 2 amide bonds. The summed E-state index contributed by atoms with van der Waals surface area (Å²) in [5.74, 6) is 1.83. The van der Waals surface area contributed by atoms with Gasteiger partial charge in [0.05, 0.1) is 5.92 Å². The van der Waals surface area contributed by atoms with E-state index in [1.807, 2.05) is 66.5 Å². The number of amides is 2. The molecule has 1 unspecified atom stereocenters. The molecule has 2 aromatic rings. The molecule has 0 spiro atoms.